The van der Waals surface area contributed by atoms with Crippen LogP contribution in [0.15, 0.2) is 0 Å². The molecule has 1 aliphatic heterocycles. The van der Waals surface area contributed by atoms with E-state index >= 15 is 0 Å². The second kappa shape index (κ2) is 16.1. The Labute approximate surface area is 157 Å². The molecule has 1 saturated heterocycles. The monoisotopic (exact) mass is 377 g/mol. The maximum atomic E-state index is 9.19. The van der Waals surface area contributed by atoms with Crippen LogP contribution in [-0.2, 0) is 10.1 Å². The van der Waals surface area contributed by atoms with E-state index in [0.717, 1.165) is 5.92 Å². The van der Waals surface area contributed by atoms with Crippen LogP contribution >= 0.6 is 0 Å². The van der Waals surface area contributed by atoms with Crippen LogP contribution in [0.3, 0.4) is 0 Å². The molecule has 152 valence electrons. The maximum Gasteiger partial charge on any atom is 0.261 e. The van der Waals surface area contributed by atoms with E-state index < -0.39 is 10.1 Å². The average molecular weight is 378 g/mol. The first-order valence-corrected chi connectivity index (χ1v) is 12.4. The van der Waals surface area contributed by atoms with Gasteiger partial charge in [-0.15, -0.1) is 0 Å². The predicted molar refractivity (Wildman–Crippen MR) is 109 cm³/mol. The van der Waals surface area contributed by atoms with Crippen molar-refractivity contribution in [3.8, 4) is 0 Å². The minimum absolute atomic E-state index is 0.715. The zero-order valence-corrected chi connectivity index (χ0v) is 17.8. The molecule has 0 unspecified atom stereocenters. The Kier molecular flexibility index (Phi) is 16.0. The standard InChI is InChI=1S/C19H39N.CH4O3S/c1-3-5-6-7-8-9-10-11-12-16-20-17-14-19(13-4-2)15-18-20;1-5(2,3)4/h19H,3-18H2,1-2H3;1H3,(H,2,3,4). The van der Waals surface area contributed by atoms with Crippen LogP contribution in [0.4, 0.5) is 0 Å². The molecule has 1 heterocycles. The van der Waals surface area contributed by atoms with Crippen LogP contribution in [0, 0.1) is 5.92 Å². The second-order valence-corrected chi connectivity index (χ2v) is 9.10. The molecule has 0 amide bonds. The van der Waals surface area contributed by atoms with Gasteiger partial charge in [-0.3, -0.25) is 4.55 Å². The third-order valence-electron chi connectivity index (χ3n) is 4.98. The molecule has 0 bridgehead atoms. The van der Waals surface area contributed by atoms with Gasteiger partial charge in [0.1, 0.15) is 0 Å². The maximum absolute atomic E-state index is 9.19. The molecule has 1 N–H and O–H groups in total. The van der Waals surface area contributed by atoms with Gasteiger partial charge in [0.15, 0.2) is 0 Å². The SMILES string of the molecule is CCCCCCCCCCCN1CCC(CCC)CC1.CS(=O)(=O)O. The fourth-order valence-corrected chi connectivity index (χ4v) is 3.55. The van der Waals surface area contributed by atoms with E-state index in [2.05, 4.69) is 18.7 Å². The van der Waals surface area contributed by atoms with Gasteiger partial charge in [0.25, 0.3) is 10.1 Å². The van der Waals surface area contributed by atoms with Crippen molar-refractivity contribution < 1.29 is 13.0 Å². The van der Waals surface area contributed by atoms with E-state index in [-0.39, 0.29) is 0 Å². The zero-order chi connectivity index (χ0) is 19.0. The quantitative estimate of drug-likeness (QED) is 0.359. The highest BCUT2D eigenvalue weighted by atomic mass is 32.2. The fourth-order valence-electron chi connectivity index (χ4n) is 3.55. The highest BCUT2D eigenvalue weighted by Crippen LogP contribution is 2.22. The summed E-state index contributed by atoms with van der Waals surface area (Å²) in [5.41, 5.74) is 0. The molecule has 0 atom stereocenters. The Morgan fingerprint density at radius 1 is 0.840 bits per heavy atom. The van der Waals surface area contributed by atoms with Crippen LogP contribution in [0.2, 0.25) is 0 Å². The Balaban J connectivity index is 0.00000101. The summed E-state index contributed by atoms with van der Waals surface area (Å²) < 4.78 is 25.9. The molecule has 1 fully saturated rings. The summed E-state index contributed by atoms with van der Waals surface area (Å²) in [6, 6.07) is 0. The summed E-state index contributed by atoms with van der Waals surface area (Å²) in [7, 11) is -3.67. The minimum atomic E-state index is -3.67. The van der Waals surface area contributed by atoms with Crippen molar-refractivity contribution in [1.82, 2.24) is 4.90 Å². The fraction of sp³-hybridized carbons (Fsp3) is 1.00. The third-order valence-corrected chi connectivity index (χ3v) is 4.98. The summed E-state index contributed by atoms with van der Waals surface area (Å²) in [4.78, 5) is 2.72. The molecule has 25 heavy (non-hydrogen) atoms. The summed E-state index contributed by atoms with van der Waals surface area (Å²) in [5.74, 6) is 1.04. The van der Waals surface area contributed by atoms with Gasteiger partial charge >= 0.3 is 0 Å². The normalized spacial score (nSPS) is 16.5. The molecular formula is C20H43NO3S. The van der Waals surface area contributed by atoms with Crippen molar-refractivity contribution in [2.24, 2.45) is 5.92 Å². The van der Waals surface area contributed by atoms with Gasteiger partial charge in [-0.05, 0) is 44.8 Å². The van der Waals surface area contributed by atoms with Crippen molar-refractivity contribution in [2.75, 3.05) is 25.9 Å². The highest BCUT2D eigenvalue weighted by Gasteiger charge is 2.17. The molecule has 5 heteroatoms. The van der Waals surface area contributed by atoms with Crippen molar-refractivity contribution >= 4 is 10.1 Å². The lowest BCUT2D eigenvalue weighted by atomic mass is 9.92. The Morgan fingerprint density at radius 2 is 1.28 bits per heavy atom. The molecule has 0 aromatic heterocycles. The van der Waals surface area contributed by atoms with Gasteiger partial charge in [0, 0.05) is 0 Å². The summed E-state index contributed by atoms with van der Waals surface area (Å²) in [5, 5.41) is 0. The Bertz CT molecular complexity index is 368. The first-order chi connectivity index (χ1) is 11.9. The minimum Gasteiger partial charge on any atom is -0.303 e. The van der Waals surface area contributed by atoms with E-state index in [1.807, 2.05) is 0 Å². The van der Waals surface area contributed by atoms with Crippen molar-refractivity contribution in [3.05, 3.63) is 0 Å². The summed E-state index contributed by atoms with van der Waals surface area (Å²) >= 11 is 0. The molecule has 1 rings (SSSR count). The molecule has 4 nitrogen and oxygen atoms in total. The van der Waals surface area contributed by atoms with Crippen molar-refractivity contribution in [2.45, 2.75) is 97.3 Å². The first-order valence-electron chi connectivity index (χ1n) is 10.5. The van der Waals surface area contributed by atoms with Crippen LogP contribution in [0.5, 0.6) is 0 Å². The molecule has 0 radical (unpaired) electrons. The van der Waals surface area contributed by atoms with Gasteiger partial charge in [-0.25, -0.2) is 0 Å². The average Bonchev–Trinajstić information content (AvgIpc) is 2.53. The molecule has 0 aromatic carbocycles. The lowest BCUT2D eigenvalue weighted by molar-refractivity contribution is 0.175. The Morgan fingerprint density at radius 3 is 1.72 bits per heavy atom. The summed E-state index contributed by atoms with van der Waals surface area (Å²) in [6.07, 6.45) is 19.5. The number of likely N-dealkylation sites (tertiary alicyclic amines) is 1. The van der Waals surface area contributed by atoms with E-state index in [0.29, 0.717) is 6.26 Å². The van der Waals surface area contributed by atoms with Gasteiger partial charge in [0.2, 0.25) is 0 Å². The summed E-state index contributed by atoms with van der Waals surface area (Å²) in [6.45, 7) is 8.75. The second-order valence-electron chi connectivity index (χ2n) is 7.64. The number of nitrogens with zero attached hydrogens (tertiary/aromatic N) is 1. The van der Waals surface area contributed by atoms with Gasteiger partial charge in [0.05, 0.1) is 6.26 Å². The van der Waals surface area contributed by atoms with Crippen LogP contribution < -0.4 is 0 Å². The number of hydrogen-bond donors (Lipinski definition) is 1. The first kappa shape index (κ1) is 24.9. The zero-order valence-electron chi connectivity index (χ0n) is 17.0. The molecule has 0 spiro atoms. The van der Waals surface area contributed by atoms with Gasteiger partial charge in [-0.2, -0.15) is 8.42 Å². The van der Waals surface area contributed by atoms with Gasteiger partial charge in [-0.1, -0.05) is 78.1 Å². The largest absolute Gasteiger partial charge is 0.303 e. The lowest BCUT2D eigenvalue weighted by Crippen LogP contribution is -2.34. The molecule has 0 aliphatic carbocycles. The number of unbranched alkanes of at least 4 members (excludes halogenated alkanes) is 8. The van der Waals surface area contributed by atoms with Crippen LogP contribution in [0.25, 0.3) is 0 Å². The highest BCUT2D eigenvalue weighted by molar-refractivity contribution is 7.85. The van der Waals surface area contributed by atoms with Crippen LogP contribution in [0.1, 0.15) is 97.3 Å². The third kappa shape index (κ3) is 20.0. The number of piperidine rings is 1. The van der Waals surface area contributed by atoms with E-state index in [9.17, 15) is 8.42 Å². The smallest absolute Gasteiger partial charge is 0.261 e. The van der Waals surface area contributed by atoms with Crippen LogP contribution in [-0.4, -0.2) is 43.8 Å². The van der Waals surface area contributed by atoms with E-state index in [1.165, 1.54) is 103 Å². The van der Waals surface area contributed by atoms with E-state index in [1.54, 1.807) is 0 Å². The molecule has 0 saturated carbocycles. The number of hydrogen-bond acceptors (Lipinski definition) is 3. The van der Waals surface area contributed by atoms with Crippen molar-refractivity contribution in [3.63, 3.8) is 0 Å². The topological polar surface area (TPSA) is 57.6 Å². The molecule has 0 aromatic rings. The van der Waals surface area contributed by atoms with Gasteiger partial charge < -0.3 is 4.90 Å². The molecular weight excluding hydrogens is 334 g/mol. The van der Waals surface area contributed by atoms with Crippen molar-refractivity contribution in [1.29, 1.82) is 0 Å². The van der Waals surface area contributed by atoms with E-state index in [4.69, 9.17) is 4.55 Å². The Hall–Kier alpha value is -0.130. The number of rotatable bonds is 12. The predicted octanol–water partition coefficient (Wildman–Crippen LogP) is 5.53. The lowest BCUT2D eigenvalue weighted by Gasteiger charge is -2.31. The molecule has 1 aliphatic rings.